The van der Waals surface area contributed by atoms with Crippen LogP contribution in [0.2, 0.25) is 0 Å². The van der Waals surface area contributed by atoms with Gasteiger partial charge in [0, 0.05) is 12.4 Å². The third-order valence-corrected chi connectivity index (χ3v) is 1.46. The first kappa shape index (κ1) is 9.94. The van der Waals surface area contributed by atoms with Crippen molar-refractivity contribution in [3.8, 4) is 0 Å². The minimum absolute atomic E-state index is 0.0231. The van der Waals surface area contributed by atoms with Gasteiger partial charge in [0.05, 0.1) is 12.2 Å². The fourth-order valence-corrected chi connectivity index (χ4v) is 0.894. The summed E-state index contributed by atoms with van der Waals surface area (Å²) >= 11 is 0. The lowest BCUT2D eigenvalue weighted by Crippen LogP contribution is -2.11. The Hall–Kier alpha value is -1.14. The van der Waals surface area contributed by atoms with Crippen LogP contribution in [0.4, 0.5) is 13.2 Å². The second-order valence-corrected chi connectivity index (χ2v) is 2.34. The lowest BCUT2D eigenvalue weighted by Gasteiger charge is -2.10. The van der Waals surface area contributed by atoms with Crippen LogP contribution in [-0.4, -0.2) is 4.98 Å². The van der Waals surface area contributed by atoms with Gasteiger partial charge in [-0.2, -0.15) is 13.2 Å². The van der Waals surface area contributed by atoms with Gasteiger partial charge in [-0.3, -0.25) is 9.82 Å². The number of halogens is 3. The van der Waals surface area contributed by atoms with Gasteiger partial charge in [-0.15, -0.1) is 0 Å². The Morgan fingerprint density at radius 1 is 1.46 bits per heavy atom. The highest BCUT2D eigenvalue weighted by molar-refractivity contribution is 5.25. The van der Waals surface area contributed by atoms with E-state index < -0.39 is 11.7 Å². The summed E-state index contributed by atoms with van der Waals surface area (Å²) in [6.07, 6.45) is -2.42. The van der Waals surface area contributed by atoms with Crippen LogP contribution in [0, 0.1) is 0 Å². The Balaban J connectivity index is 3.05. The van der Waals surface area contributed by atoms with Crippen molar-refractivity contribution >= 4 is 0 Å². The maximum Gasteiger partial charge on any atom is 0.418 e. The topological polar surface area (TPSA) is 48.1 Å². The van der Waals surface area contributed by atoms with Crippen molar-refractivity contribution in [3.63, 3.8) is 0 Å². The Morgan fingerprint density at radius 3 is 2.69 bits per heavy atom. The Morgan fingerprint density at radius 2 is 2.15 bits per heavy atom. The molecular formula is C7H7F3N2O. The fourth-order valence-electron chi connectivity index (χ4n) is 0.894. The Bertz CT molecular complexity index is 287. The molecule has 0 fully saturated rings. The zero-order valence-electron chi connectivity index (χ0n) is 6.51. The molecule has 0 aliphatic carbocycles. The van der Waals surface area contributed by atoms with Gasteiger partial charge in [0.2, 0.25) is 0 Å². The summed E-state index contributed by atoms with van der Waals surface area (Å²) in [7, 11) is 0. The van der Waals surface area contributed by atoms with Gasteiger partial charge in [0.25, 0.3) is 0 Å². The molecule has 0 radical (unpaired) electrons. The molecule has 3 nitrogen and oxygen atoms in total. The summed E-state index contributed by atoms with van der Waals surface area (Å²) in [6.45, 7) is -0.280. The molecule has 0 atom stereocenters. The van der Waals surface area contributed by atoms with Crippen molar-refractivity contribution in [2.24, 2.45) is 5.90 Å². The normalized spacial score (nSPS) is 11.7. The summed E-state index contributed by atoms with van der Waals surface area (Å²) in [5.74, 6) is 4.68. The van der Waals surface area contributed by atoms with Crippen LogP contribution >= 0.6 is 0 Å². The third-order valence-electron chi connectivity index (χ3n) is 1.46. The van der Waals surface area contributed by atoms with Crippen LogP contribution in [0.5, 0.6) is 0 Å². The number of nitrogens with zero attached hydrogens (tertiary/aromatic N) is 1. The molecule has 0 amide bonds. The highest BCUT2D eigenvalue weighted by Gasteiger charge is 2.33. The maximum absolute atomic E-state index is 12.2. The number of pyridine rings is 1. The first-order chi connectivity index (χ1) is 6.05. The van der Waals surface area contributed by atoms with Gasteiger partial charge < -0.3 is 0 Å². The smallest absolute Gasteiger partial charge is 0.300 e. The average molecular weight is 192 g/mol. The molecular weight excluding hydrogens is 185 g/mol. The molecule has 1 aromatic rings. The predicted molar refractivity (Wildman–Crippen MR) is 38.2 cm³/mol. The van der Waals surface area contributed by atoms with Gasteiger partial charge in [-0.25, -0.2) is 5.90 Å². The van der Waals surface area contributed by atoms with Crippen molar-refractivity contribution in [3.05, 3.63) is 29.6 Å². The molecule has 0 aliphatic rings. The number of rotatable bonds is 2. The first-order valence-electron chi connectivity index (χ1n) is 3.37. The quantitative estimate of drug-likeness (QED) is 0.722. The molecule has 0 saturated carbocycles. The number of hydrogen-bond donors (Lipinski definition) is 1. The Labute approximate surface area is 72.3 Å². The van der Waals surface area contributed by atoms with Crippen molar-refractivity contribution in [1.82, 2.24) is 4.98 Å². The van der Waals surface area contributed by atoms with Crippen LogP contribution in [0.15, 0.2) is 18.5 Å². The van der Waals surface area contributed by atoms with Crippen molar-refractivity contribution in [1.29, 1.82) is 0 Å². The molecule has 6 heteroatoms. The summed E-state index contributed by atoms with van der Waals surface area (Å²) in [5, 5.41) is 0. The van der Waals surface area contributed by atoms with E-state index in [1.807, 2.05) is 0 Å². The van der Waals surface area contributed by atoms with Crippen molar-refractivity contribution < 1.29 is 18.0 Å². The van der Waals surface area contributed by atoms with Crippen LogP contribution in [0.25, 0.3) is 0 Å². The Kier molecular flexibility index (Phi) is 2.84. The van der Waals surface area contributed by atoms with Crippen LogP contribution < -0.4 is 5.90 Å². The van der Waals surface area contributed by atoms with Gasteiger partial charge in [0.15, 0.2) is 0 Å². The molecule has 1 rings (SSSR count). The van der Waals surface area contributed by atoms with Crippen molar-refractivity contribution in [2.75, 3.05) is 0 Å². The predicted octanol–water partition coefficient (Wildman–Crippen LogP) is 1.49. The molecule has 0 aliphatic heterocycles. The van der Waals surface area contributed by atoms with E-state index in [2.05, 4.69) is 15.7 Å². The molecule has 0 aromatic carbocycles. The zero-order valence-corrected chi connectivity index (χ0v) is 6.51. The van der Waals surface area contributed by atoms with E-state index in [0.29, 0.717) is 0 Å². The van der Waals surface area contributed by atoms with E-state index in [4.69, 9.17) is 0 Å². The summed E-state index contributed by atoms with van der Waals surface area (Å²) in [6, 6.07) is 1.22. The molecule has 13 heavy (non-hydrogen) atoms. The van der Waals surface area contributed by atoms with Gasteiger partial charge in [-0.05, 0) is 11.6 Å². The molecule has 0 unspecified atom stereocenters. The third kappa shape index (κ3) is 2.40. The number of aromatic nitrogens is 1. The zero-order chi connectivity index (χ0) is 9.90. The lowest BCUT2D eigenvalue weighted by atomic mass is 10.1. The summed E-state index contributed by atoms with van der Waals surface area (Å²) < 4.78 is 36.7. The van der Waals surface area contributed by atoms with E-state index in [1.165, 1.54) is 12.3 Å². The molecule has 0 saturated heterocycles. The molecule has 72 valence electrons. The minimum atomic E-state index is -4.41. The molecule has 1 aromatic heterocycles. The van der Waals surface area contributed by atoms with Crippen molar-refractivity contribution in [2.45, 2.75) is 12.8 Å². The highest BCUT2D eigenvalue weighted by atomic mass is 19.4. The second-order valence-electron chi connectivity index (χ2n) is 2.34. The van der Waals surface area contributed by atoms with Gasteiger partial charge in [0.1, 0.15) is 0 Å². The number of hydrogen-bond acceptors (Lipinski definition) is 3. The van der Waals surface area contributed by atoms with Gasteiger partial charge in [-0.1, -0.05) is 0 Å². The average Bonchev–Trinajstić information content (AvgIpc) is 2.04. The number of alkyl halides is 3. The van der Waals surface area contributed by atoms with Crippen LogP contribution in [-0.2, 0) is 17.6 Å². The fraction of sp³-hybridized carbons (Fsp3) is 0.286. The SMILES string of the molecule is NOCc1ccncc1C(F)(F)F. The van der Waals surface area contributed by atoms with E-state index in [0.717, 1.165) is 6.20 Å². The lowest BCUT2D eigenvalue weighted by molar-refractivity contribution is -0.139. The minimum Gasteiger partial charge on any atom is -0.300 e. The summed E-state index contributed by atoms with van der Waals surface area (Å²) in [4.78, 5) is 7.51. The van der Waals surface area contributed by atoms with E-state index in [1.54, 1.807) is 0 Å². The summed E-state index contributed by atoms with van der Waals surface area (Å²) in [5.41, 5.74) is -0.842. The second kappa shape index (κ2) is 3.71. The van der Waals surface area contributed by atoms with Crippen LogP contribution in [0.1, 0.15) is 11.1 Å². The molecule has 2 N–H and O–H groups in total. The molecule has 0 bridgehead atoms. The molecule has 0 spiro atoms. The van der Waals surface area contributed by atoms with Gasteiger partial charge >= 0.3 is 6.18 Å². The monoisotopic (exact) mass is 192 g/mol. The first-order valence-corrected chi connectivity index (χ1v) is 3.37. The van der Waals surface area contributed by atoms with E-state index >= 15 is 0 Å². The number of nitrogens with two attached hydrogens (primary N) is 1. The van der Waals surface area contributed by atoms with E-state index in [-0.39, 0.29) is 12.2 Å². The maximum atomic E-state index is 12.2. The largest absolute Gasteiger partial charge is 0.418 e. The van der Waals surface area contributed by atoms with Crippen LogP contribution in [0.3, 0.4) is 0 Å². The standard InChI is InChI=1S/C7H7F3N2O/c8-7(9,10)6-3-12-2-1-5(6)4-13-11/h1-3H,4,11H2. The molecule has 1 heterocycles. The van der Waals surface area contributed by atoms with E-state index in [9.17, 15) is 13.2 Å². The highest BCUT2D eigenvalue weighted by Crippen LogP contribution is 2.31.